The Kier molecular flexibility index (Phi) is 5.75. The van der Waals surface area contributed by atoms with Gasteiger partial charge in [-0.2, -0.15) is 0 Å². The molecular weight excluding hydrogens is 374 g/mol. The van der Waals surface area contributed by atoms with Crippen molar-refractivity contribution in [1.82, 2.24) is 0 Å². The fourth-order valence-electron chi connectivity index (χ4n) is 3.80. The van der Waals surface area contributed by atoms with Gasteiger partial charge in [-0.3, -0.25) is 9.59 Å². The molecule has 1 amide bonds. The van der Waals surface area contributed by atoms with Gasteiger partial charge in [-0.25, -0.2) is 0 Å². The maximum absolute atomic E-state index is 12.8. The highest BCUT2D eigenvalue weighted by atomic mass is 16.5. The molecule has 0 bridgehead atoms. The van der Waals surface area contributed by atoms with Gasteiger partial charge in [0.15, 0.2) is 6.61 Å². The Hall–Kier alpha value is -3.66. The summed E-state index contributed by atoms with van der Waals surface area (Å²) in [6.07, 6.45) is 0.134. The van der Waals surface area contributed by atoms with Crippen LogP contribution in [-0.2, 0) is 20.7 Å². The number of hydrogen-bond donors (Lipinski definition) is 0. The molecule has 0 N–H and O–H groups in total. The van der Waals surface area contributed by atoms with Crippen LogP contribution in [0.25, 0.3) is 21.5 Å². The second-order valence-corrected chi connectivity index (χ2v) is 7.11. The van der Waals surface area contributed by atoms with Gasteiger partial charge in [0.25, 0.3) is 5.91 Å². The van der Waals surface area contributed by atoms with Crippen LogP contribution < -0.4 is 4.90 Å². The van der Waals surface area contributed by atoms with Crippen LogP contribution in [0.1, 0.15) is 12.5 Å². The minimum atomic E-state index is -0.409. The number of fused-ring (bicyclic) bond motifs is 2. The van der Waals surface area contributed by atoms with Gasteiger partial charge in [0.1, 0.15) is 0 Å². The topological polar surface area (TPSA) is 46.6 Å². The van der Waals surface area contributed by atoms with E-state index in [4.69, 9.17) is 4.74 Å². The minimum Gasteiger partial charge on any atom is -0.455 e. The number of likely N-dealkylation sites (N-methyl/N-ethyl adjacent to an activating group) is 1. The molecule has 0 aliphatic carbocycles. The maximum atomic E-state index is 12.8. The predicted octanol–water partition coefficient (Wildman–Crippen LogP) is 5.13. The molecule has 0 saturated heterocycles. The molecule has 0 saturated carbocycles. The quantitative estimate of drug-likeness (QED) is 0.424. The summed E-state index contributed by atoms with van der Waals surface area (Å²) in [5.41, 5.74) is 1.72. The van der Waals surface area contributed by atoms with Crippen LogP contribution in [0.4, 0.5) is 5.69 Å². The summed E-state index contributed by atoms with van der Waals surface area (Å²) in [5, 5.41) is 4.16. The van der Waals surface area contributed by atoms with Crippen molar-refractivity contribution in [1.29, 1.82) is 0 Å². The van der Waals surface area contributed by atoms with E-state index in [0.717, 1.165) is 32.8 Å². The van der Waals surface area contributed by atoms with Gasteiger partial charge in [-0.15, -0.1) is 0 Å². The summed E-state index contributed by atoms with van der Waals surface area (Å²) in [6, 6.07) is 27.6. The molecule has 4 nitrogen and oxygen atoms in total. The molecule has 4 aromatic rings. The first-order valence-corrected chi connectivity index (χ1v) is 10.1. The molecule has 0 spiro atoms. The number of anilines is 1. The number of hydrogen-bond acceptors (Lipinski definition) is 3. The van der Waals surface area contributed by atoms with Gasteiger partial charge in [0.05, 0.1) is 12.1 Å². The zero-order chi connectivity index (χ0) is 20.9. The van der Waals surface area contributed by atoms with Crippen molar-refractivity contribution < 1.29 is 14.3 Å². The number of rotatable bonds is 6. The van der Waals surface area contributed by atoms with Crippen molar-refractivity contribution in [3.05, 3.63) is 90.5 Å². The fourth-order valence-corrected chi connectivity index (χ4v) is 3.80. The molecule has 4 heteroatoms. The highest BCUT2D eigenvalue weighted by Crippen LogP contribution is 2.27. The lowest BCUT2D eigenvalue weighted by Gasteiger charge is -2.22. The van der Waals surface area contributed by atoms with E-state index in [1.165, 1.54) is 0 Å². The number of ether oxygens (including phenoxy) is 1. The summed E-state index contributed by atoms with van der Waals surface area (Å²) < 4.78 is 5.34. The Morgan fingerprint density at radius 2 is 1.37 bits per heavy atom. The molecule has 4 rings (SSSR count). The average Bonchev–Trinajstić information content (AvgIpc) is 2.78. The molecule has 0 fully saturated rings. The van der Waals surface area contributed by atoms with Crippen molar-refractivity contribution in [3.8, 4) is 0 Å². The summed E-state index contributed by atoms with van der Waals surface area (Å²) in [4.78, 5) is 26.9. The molecule has 0 heterocycles. The SMILES string of the molecule is CCN(C(=O)COC(=O)Cc1cccc2ccccc12)c1cccc2ccccc12. The van der Waals surface area contributed by atoms with E-state index in [0.29, 0.717) is 6.54 Å². The lowest BCUT2D eigenvalue weighted by molar-refractivity contribution is -0.147. The molecule has 0 radical (unpaired) electrons. The van der Waals surface area contributed by atoms with Gasteiger partial charge in [-0.1, -0.05) is 78.9 Å². The van der Waals surface area contributed by atoms with Crippen molar-refractivity contribution in [2.24, 2.45) is 0 Å². The third kappa shape index (κ3) is 4.03. The van der Waals surface area contributed by atoms with Crippen LogP contribution in [-0.4, -0.2) is 25.0 Å². The molecule has 150 valence electrons. The van der Waals surface area contributed by atoms with E-state index >= 15 is 0 Å². The first-order valence-electron chi connectivity index (χ1n) is 10.1. The lowest BCUT2D eigenvalue weighted by Crippen LogP contribution is -2.34. The largest absolute Gasteiger partial charge is 0.455 e. The zero-order valence-electron chi connectivity index (χ0n) is 16.9. The highest BCUT2D eigenvalue weighted by molar-refractivity contribution is 6.04. The van der Waals surface area contributed by atoms with Crippen LogP contribution in [0.5, 0.6) is 0 Å². The standard InChI is InChI=1S/C26H23NO3/c1-2-27(24-16-8-12-20-10-4-6-15-23(20)24)25(28)18-30-26(29)17-21-13-7-11-19-9-3-5-14-22(19)21/h3-16H,2,17-18H2,1H3. The molecule has 0 unspecified atom stereocenters. The van der Waals surface area contributed by atoms with Crippen molar-refractivity contribution >= 4 is 39.1 Å². The van der Waals surface area contributed by atoms with E-state index in [9.17, 15) is 9.59 Å². The summed E-state index contributed by atoms with van der Waals surface area (Å²) in [6.45, 7) is 2.13. The summed E-state index contributed by atoms with van der Waals surface area (Å²) >= 11 is 0. The van der Waals surface area contributed by atoms with E-state index < -0.39 is 5.97 Å². The first kappa shape index (κ1) is 19.6. The lowest BCUT2D eigenvalue weighted by atomic mass is 10.0. The second kappa shape index (κ2) is 8.78. The van der Waals surface area contributed by atoms with Crippen molar-refractivity contribution in [2.75, 3.05) is 18.1 Å². The van der Waals surface area contributed by atoms with Crippen LogP contribution in [0.15, 0.2) is 84.9 Å². The van der Waals surface area contributed by atoms with E-state index in [1.54, 1.807) is 4.90 Å². The van der Waals surface area contributed by atoms with Gasteiger partial charge in [0, 0.05) is 11.9 Å². The van der Waals surface area contributed by atoms with E-state index in [-0.39, 0.29) is 18.9 Å². The molecule has 0 atom stereocenters. The Labute approximate surface area is 175 Å². The number of amides is 1. The summed E-state index contributed by atoms with van der Waals surface area (Å²) in [5.74, 6) is -0.645. The molecule has 0 aromatic heterocycles. The first-order chi connectivity index (χ1) is 14.7. The minimum absolute atomic E-state index is 0.134. The maximum Gasteiger partial charge on any atom is 0.310 e. The van der Waals surface area contributed by atoms with E-state index in [1.807, 2.05) is 91.9 Å². The number of benzene rings is 4. The van der Waals surface area contributed by atoms with Crippen LogP contribution in [0, 0.1) is 0 Å². The predicted molar refractivity (Wildman–Crippen MR) is 121 cm³/mol. The Bertz CT molecular complexity index is 1200. The van der Waals surface area contributed by atoms with Crippen molar-refractivity contribution in [2.45, 2.75) is 13.3 Å². The van der Waals surface area contributed by atoms with Crippen molar-refractivity contribution in [3.63, 3.8) is 0 Å². The Balaban J connectivity index is 1.46. The monoisotopic (exact) mass is 397 g/mol. The van der Waals surface area contributed by atoms with Gasteiger partial charge < -0.3 is 9.64 Å². The fraction of sp³-hybridized carbons (Fsp3) is 0.154. The smallest absolute Gasteiger partial charge is 0.310 e. The highest BCUT2D eigenvalue weighted by Gasteiger charge is 2.18. The van der Waals surface area contributed by atoms with Crippen LogP contribution in [0.3, 0.4) is 0 Å². The molecular formula is C26H23NO3. The molecule has 0 aliphatic rings. The number of carbonyl (C=O) groups excluding carboxylic acids is 2. The second-order valence-electron chi connectivity index (χ2n) is 7.11. The third-order valence-electron chi connectivity index (χ3n) is 5.25. The van der Waals surface area contributed by atoms with Gasteiger partial charge in [0.2, 0.25) is 0 Å². The summed E-state index contributed by atoms with van der Waals surface area (Å²) in [7, 11) is 0. The molecule has 30 heavy (non-hydrogen) atoms. The number of carbonyl (C=O) groups is 2. The normalized spacial score (nSPS) is 10.8. The van der Waals surface area contributed by atoms with E-state index in [2.05, 4.69) is 0 Å². The zero-order valence-corrected chi connectivity index (χ0v) is 16.9. The molecule has 4 aromatic carbocycles. The molecule has 0 aliphatic heterocycles. The van der Waals surface area contributed by atoms with Gasteiger partial charge >= 0.3 is 5.97 Å². The Morgan fingerprint density at radius 3 is 2.10 bits per heavy atom. The average molecular weight is 397 g/mol. The van der Waals surface area contributed by atoms with Crippen LogP contribution in [0.2, 0.25) is 0 Å². The Morgan fingerprint density at radius 1 is 0.767 bits per heavy atom. The number of esters is 1. The van der Waals surface area contributed by atoms with Gasteiger partial charge in [-0.05, 0) is 34.7 Å². The third-order valence-corrected chi connectivity index (χ3v) is 5.25. The van der Waals surface area contributed by atoms with Crippen LogP contribution >= 0.6 is 0 Å². The number of nitrogens with zero attached hydrogens (tertiary/aromatic N) is 1.